The van der Waals surface area contributed by atoms with E-state index in [0.717, 1.165) is 29.2 Å². The Labute approximate surface area is 170 Å². The molecule has 1 heterocycles. The number of para-hydroxylation sites is 1. The van der Waals surface area contributed by atoms with Gasteiger partial charge in [0, 0.05) is 6.54 Å². The fraction of sp³-hybridized carbons (Fsp3) is 0.167. The van der Waals surface area contributed by atoms with Crippen molar-refractivity contribution in [2.24, 2.45) is 0 Å². The van der Waals surface area contributed by atoms with Gasteiger partial charge in [0.25, 0.3) is 0 Å². The molecule has 0 saturated heterocycles. The van der Waals surface area contributed by atoms with Crippen LogP contribution in [0.1, 0.15) is 17.0 Å². The number of hydrogen-bond acceptors (Lipinski definition) is 2. The maximum Gasteiger partial charge on any atom is 0.319 e. The second-order valence-corrected chi connectivity index (χ2v) is 7.06. The third-order valence-corrected chi connectivity index (χ3v) is 5.09. The molecule has 2 amide bonds. The van der Waals surface area contributed by atoms with Crippen molar-refractivity contribution in [3.05, 3.63) is 89.7 Å². The second kappa shape index (κ2) is 8.19. The third-order valence-electron chi connectivity index (χ3n) is 5.09. The molecule has 0 fully saturated rings. The molecule has 3 aromatic carbocycles. The van der Waals surface area contributed by atoms with Crippen LogP contribution in [0.5, 0.6) is 0 Å². The molecule has 146 valence electrons. The number of nitrogens with zero attached hydrogens (tertiary/aromatic N) is 2. The summed E-state index contributed by atoms with van der Waals surface area (Å²) in [4.78, 5) is 12.5. The van der Waals surface area contributed by atoms with Crippen molar-refractivity contribution in [3.63, 3.8) is 0 Å². The smallest absolute Gasteiger partial charge is 0.319 e. The summed E-state index contributed by atoms with van der Waals surface area (Å²) in [6.07, 6.45) is 0.774. The van der Waals surface area contributed by atoms with Crippen LogP contribution in [0.3, 0.4) is 0 Å². The van der Waals surface area contributed by atoms with E-state index in [-0.39, 0.29) is 6.03 Å². The van der Waals surface area contributed by atoms with Gasteiger partial charge in [-0.15, -0.1) is 0 Å². The highest BCUT2D eigenvalue weighted by Crippen LogP contribution is 2.22. The lowest BCUT2D eigenvalue weighted by Gasteiger charge is -2.10. The fourth-order valence-electron chi connectivity index (χ4n) is 3.62. The van der Waals surface area contributed by atoms with Gasteiger partial charge in [-0.25, -0.2) is 9.48 Å². The van der Waals surface area contributed by atoms with Crippen LogP contribution in [-0.2, 0) is 6.42 Å². The van der Waals surface area contributed by atoms with Gasteiger partial charge in [0.2, 0.25) is 0 Å². The molecular formula is C24H24N4O. The molecule has 5 nitrogen and oxygen atoms in total. The van der Waals surface area contributed by atoms with E-state index in [4.69, 9.17) is 0 Å². The number of carbonyl (C=O) groups is 1. The number of hydrogen-bond donors (Lipinski definition) is 2. The minimum absolute atomic E-state index is 0.218. The molecule has 1 aromatic heterocycles. The number of amides is 2. The molecule has 4 rings (SSSR count). The molecule has 4 aromatic rings. The molecule has 5 heteroatoms. The van der Waals surface area contributed by atoms with Gasteiger partial charge in [-0.2, -0.15) is 5.10 Å². The van der Waals surface area contributed by atoms with Crippen LogP contribution in [0.4, 0.5) is 10.5 Å². The van der Waals surface area contributed by atoms with Gasteiger partial charge in [0.05, 0.1) is 22.8 Å². The van der Waals surface area contributed by atoms with E-state index in [1.54, 1.807) is 0 Å². The van der Waals surface area contributed by atoms with Crippen LogP contribution in [0.15, 0.2) is 72.8 Å². The first-order valence-corrected chi connectivity index (χ1v) is 9.76. The molecule has 2 N–H and O–H groups in total. The molecule has 0 spiro atoms. The number of benzene rings is 3. The zero-order valence-electron chi connectivity index (χ0n) is 16.6. The predicted octanol–water partition coefficient (Wildman–Crippen LogP) is 5.01. The van der Waals surface area contributed by atoms with Gasteiger partial charge in [0.1, 0.15) is 0 Å². The molecule has 0 aliphatic rings. The quantitative estimate of drug-likeness (QED) is 0.508. The van der Waals surface area contributed by atoms with Crippen molar-refractivity contribution < 1.29 is 4.79 Å². The van der Waals surface area contributed by atoms with E-state index in [2.05, 4.69) is 46.1 Å². The number of aryl methyl sites for hydroxylation is 1. The van der Waals surface area contributed by atoms with Crippen LogP contribution in [-0.4, -0.2) is 22.4 Å². The first kappa shape index (κ1) is 18.7. The number of rotatable bonds is 5. The lowest BCUT2D eigenvalue weighted by Crippen LogP contribution is -2.30. The highest BCUT2D eigenvalue weighted by Gasteiger charge is 2.15. The Bertz CT molecular complexity index is 1140. The Morgan fingerprint density at radius 3 is 2.48 bits per heavy atom. The predicted molar refractivity (Wildman–Crippen MR) is 118 cm³/mol. The van der Waals surface area contributed by atoms with Gasteiger partial charge < -0.3 is 10.6 Å². The Hall–Kier alpha value is -3.60. The SMILES string of the molecule is Cc1nn(-c2ccccc2)c(C)c1NC(=O)NCCc1cccc2ccccc12. The van der Waals surface area contributed by atoms with Crippen LogP contribution in [0, 0.1) is 13.8 Å². The topological polar surface area (TPSA) is 59.0 Å². The van der Waals surface area contributed by atoms with Crippen LogP contribution in [0.25, 0.3) is 16.5 Å². The molecular weight excluding hydrogens is 360 g/mol. The zero-order chi connectivity index (χ0) is 20.2. The summed E-state index contributed by atoms with van der Waals surface area (Å²) in [6, 6.07) is 24.3. The lowest BCUT2D eigenvalue weighted by atomic mass is 10.0. The maximum atomic E-state index is 12.5. The zero-order valence-corrected chi connectivity index (χ0v) is 16.6. The van der Waals surface area contributed by atoms with Crippen LogP contribution in [0.2, 0.25) is 0 Å². The average Bonchev–Trinajstić information content (AvgIpc) is 3.03. The van der Waals surface area contributed by atoms with Gasteiger partial charge in [-0.1, -0.05) is 60.7 Å². The van der Waals surface area contributed by atoms with Gasteiger partial charge in [0.15, 0.2) is 0 Å². The Morgan fingerprint density at radius 1 is 0.931 bits per heavy atom. The number of anilines is 1. The molecule has 0 saturated carbocycles. The van der Waals surface area contributed by atoms with Crippen molar-refractivity contribution in [2.45, 2.75) is 20.3 Å². The summed E-state index contributed by atoms with van der Waals surface area (Å²) < 4.78 is 1.85. The number of urea groups is 1. The summed E-state index contributed by atoms with van der Waals surface area (Å²) >= 11 is 0. The summed E-state index contributed by atoms with van der Waals surface area (Å²) in [6.45, 7) is 4.42. The number of carbonyl (C=O) groups excluding carboxylic acids is 1. The van der Waals surface area contributed by atoms with Crippen LogP contribution < -0.4 is 10.6 Å². The Balaban J connectivity index is 1.41. The lowest BCUT2D eigenvalue weighted by molar-refractivity contribution is 0.252. The summed E-state index contributed by atoms with van der Waals surface area (Å²) in [5.74, 6) is 0. The maximum absolute atomic E-state index is 12.5. The third kappa shape index (κ3) is 3.99. The van der Waals surface area contributed by atoms with E-state index >= 15 is 0 Å². The van der Waals surface area contributed by atoms with E-state index in [0.29, 0.717) is 6.54 Å². The molecule has 0 radical (unpaired) electrons. The van der Waals surface area contributed by atoms with E-state index < -0.39 is 0 Å². The monoisotopic (exact) mass is 384 g/mol. The minimum Gasteiger partial charge on any atom is -0.338 e. The van der Waals surface area contributed by atoms with Gasteiger partial charge in [-0.05, 0) is 48.7 Å². The fourth-order valence-corrected chi connectivity index (χ4v) is 3.62. The van der Waals surface area contributed by atoms with E-state index in [1.807, 2.05) is 61.0 Å². The number of fused-ring (bicyclic) bond motifs is 1. The van der Waals surface area contributed by atoms with E-state index in [9.17, 15) is 4.79 Å². The first-order chi connectivity index (χ1) is 14.1. The van der Waals surface area contributed by atoms with Crippen molar-refractivity contribution in [1.82, 2.24) is 15.1 Å². The molecule has 0 bridgehead atoms. The molecule has 29 heavy (non-hydrogen) atoms. The second-order valence-electron chi connectivity index (χ2n) is 7.06. The molecule has 0 atom stereocenters. The van der Waals surface area contributed by atoms with Crippen molar-refractivity contribution in [3.8, 4) is 5.69 Å². The number of aromatic nitrogens is 2. The molecule has 0 aliphatic carbocycles. The summed E-state index contributed by atoms with van der Waals surface area (Å²) in [5.41, 5.74) is 4.63. The summed E-state index contributed by atoms with van der Waals surface area (Å²) in [5, 5.41) is 12.9. The van der Waals surface area contributed by atoms with Gasteiger partial charge >= 0.3 is 6.03 Å². The van der Waals surface area contributed by atoms with Gasteiger partial charge in [-0.3, -0.25) is 0 Å². The number of nitrogens with one attached hydrogen (secondary N) is 2. The normalized spacial score (nSPS) is 10.8. The van der Waals surface area contributed by atoms with Crippen molar-refractivity contribution >= 4 is 22.5 Å². The Morgan fingerprint density at radius 2 is 1.66 bits per heavy atom. The standard InChI is InChI=1S/C24H24N4O/c1-17-23(18(2)28(27-17)21-12-4-3-5-13-21)26-24(29)25-16-15-20-11-8-10-19-9-6-7-14-22(19)20/h3-14H,15-16H2,1-2H3,(H2,25,26,29). The average molecular weight is 384 g/mol. The molecule has 0 aliphatic heterocycles. The van der Waals surface area contributed by atoms with Crippen molar-refractivity contribution in [1.29, 1.82) is 0 Å². The summed E-state index contributed by atoms with van der Waals surface area (Å²) in [7, 11) is 0. The first-order valence-electron chi connectivity index (χ1n) is 9.76. The van der Waals surface area contributed by atoms with Crippen LogP contribution >= 0.6 is 0 Å². The van der Waals surface area contributed by atoms with E-state index in [1.165, 1.54) is 16.3 Å². The Kier molecular flexibility index (Phi) is 5.29. The highest BCUT2D eigenvalue weighted by atomic mass is 16.2. The minimum atomic E-state index is -0.218. The largest absolute Gasteiger partial charge is 0.338 e. The van der Waals surface area contributed by atoms with Crippen molar-refractivity contribution in [2.75, 3.05) is 11.9 Å². The molecule has 0 unspecified atom stereocenters. The highest BCUT2D eigenvalue weighted by molar-refractivity contribution is 5.90.